The van der Waals surface area contributed by atoms with Crippen molar-refractivity contribution in [1.82, 2.24) is 0 Å². The van der Waals surface area contributed by atoms with Gasteiger partial charge >= 0.3 is 0 Å². The highest BCUT2D eigenvalue weighted by molar-refractivity contribution is 5.52. The first-order valence-corrected chi connectivity index (χ1v) is 8.09. The van der Waals surface area contributed by atoms with Gasteiger partial charge in [-0.15, -0.1) is 0 Å². The smallest absolute Gasteiger partial charge is 0.131 e. The molecule has 0 amide bonds. The maximum atomic E-state index is 6.22. The molecule has 2 rings (SSSR count). The Morgan fingerprint density at radius 1 is 0.696 bits per heavy atom. The van der Waals surface area contributed by atoms with Gasteiger partial charge in [0.25, 0.3) is 0 Å². The molecule has 0 saturated carbocycles. The lowest BCUT2D eigenvalue weighted by Crippen LogP contribution is -2.17. The van der Waals surface area contributed by atoms with Crippen molar-refractivity contribution < 1.29 is 9.47 Å². The van der Waals surface area contributed by atoms with Gasteiger partial charge in [0.15, 0.2) is 0 Å². The van der Waals surface area contributed by atoms with Crippen LogP contribution >= 0.6 is 0 Å². The predicted octanol–water partition coefficient (Wildman–Crippen LogP) is 6.08. The molecular weight excluding hydrogens is 284 g/mol. The minimum atomic E-state index is -0.0339. The van der Waals surface area contributed by atoms with Crippen LogP contribution in [0.1, 0.15) is 52.7 Å². The number of rotatable bonds is 3. The van der Waals surface area contributed by atoms with E-state index in [-0.39, 0.29) is 10.8 Å². The summed E-state index contributed by atoms with van der Waals surface area (Å²) in [7, 11) is 1.73. The highest BCUT2D eigenvalue weighted by atomic mass is 16.5. The first-order chi connectivity index (χ1) is 10.6. The van der Waals surface area contributed by atoms with Crippen molar-refractivity contribution in [2.75, 3.05) is 7.11 Å². The molecule has 0 fully saturated rings. The minimum absolute atomic E-state index is 0.0173. The molecule has 2 aromatic rings. The van der Waals surface area contributed by atoms with Gasteiger partial charge in [0.2, 0.25) is 0 Å². The molecule has 124 valence electrons. The Labute approximate surface area is 140 Å². The maximum absolute atomic E-state index is 6.22. The van der Waals surface area contributed by atoms with E-state index in [9.17, 15) is 0 Å². The largest absolute Gasteiger partial charge is 0.496 e. The van der Waals surface area contributed by atoms with Crippen molar-refractivity contribution in [2.45, 2.75) is 52.4 Å². The third-order valence-electron chi connectivity index (χ3n) is 3.89. The van der Waals surface area contributed by atoms with Crippen molar-refractivity contribution in [2.24, 2.45) is 0 Å². The number of benzene rings is 2. The van der Waals surface area contributed by atoms with Crippen LogP contribution in [0.15, 0.2) is 42.5 Å². The molecule has 0 aliphatic rings. The van der Waals surface area contributed by atoms with Gasteiger partial charge in [-0.2, -0.15) is 0 Å². The van der Waals surface area contributed by atoms with Crippen LogP contribution in [0.5, 0.6) is 17.2 Å². The van der Waals surface area contributed by atoms with Crippen molar-refractivity contribution in [3.8, 4) is 17.2 Å². The third-order valence-corrected chi connectivity index (χ3v) is 3.89. The zero-order valence-corrected chi connectivity index (χ0v) is 15.4. The lowest BCUT2D eigenvalue weighted by Gasteiger charge is -2.28. The summed E-state index contributed by atoms with van der Waals surface area (Å²) in [6, 6.07) is 14.2. The first-order valence-electron chi connectivity index (χ1n) is 8.09. The Morgan fingerprint density at radius 3 is 1.65 bits per heavy atom. The molecule has 0 unspecified atom stereocenters. The monoisotopic (exact) mass is 312 g/mol. The summed E-state index contributed by atoms with van der Waals surface area (Å²) in [5.41, 5.74) is 2.25. The Bertz CT molecular complexity index is 659. The van der Waals surface area contributed by atoms with Crippen LogP contribution in [0.4, 0.5) is 0 Å². The summed E-state index contributed by atoms with van der Waals surface area (Å²) >= 11 is 0. The quantitative estimate of drug-likeness (QED) is 0.683. The highest BCUT2D eigenvalue weighted by Gasteiger charge is 2.26. The van der Waals surface area contributed by atoms with E-state index in [0.717, 1.165) is 28.4 Å². The SMILES string of the molecule is COc1cc(C(C)(C)C)c(Oc2ccccc2)cc1C(C)(C)C. The molecule has 0 aromatic heterocycles. The number of methoxy groups -OCH3 is 1. The lowest BCUT2D eigenvalue weighted by atomic mass is 9.81. The van der Waals surface area contributed by atoms with Crippen LogP contribution in [0.3, 0.4) is 0 Å². The van der Waals surface area contributed by atoms with Gasteiger partial charge in [-0.3, -0.25) is 0 Å². The van der Waals surface area contributed by atoms with Crippen LogP contribution in [-0.4, -0.2) is 7.11 Å². The predicted molar refractivity (Wildman–Crippen MR) is 96.9 cm³/mol. The molecule has 0 radical (unpaired) electrons. The molecule has 0 heterocycles. The van der Waals surface area contributed by atoms with Crippen molar-refractivity contribution in [3.05, 3.63) is 53.6 Å². The molecule has 0 aliphatic carbocycles. The van der Waals surface area contributed by atoms with Crippen LogP contribution in [0.25, 0.3) is 0 Å². The fourth-order valence-electron chi connectivity index (χ4n) is 2.60. The van der Waals surface area contributed by atoms with Crippen molar-refractivity contribution in [3.63, 3.8) is 0 Å². The molecule has 0 bridgehead atoms. The molecule has 0 aliphatic heterocycles. The topological polar surface area (TPSA) is 18.5 Å². The van der Waals surface area contributed by atoms with Gasteiger partial charge in [-0.05, 0) is 35.1 Å². The number of hydrogen-bond acceptors (Lipinski definition) is 2. The van der Waals surface area contributed by atoms with E-state index in [2.05, 4.69) is 53.7 Å². The number of ether oxygens (including phenoxy) is 2. The second kappa shape index (κ2) is 6.27. The van der Waals surface area contributed by atoms with E-state index in [4.69, 9.17) is 9.47 Å². The van der Waals surface area contributed by atoms with Crippen molar-refractivity contribution in [1.29, 1.82) is 0 Å². The van der Waals surface area contributed by atoms with E-state index in [1.165, 1.54) is 0 Å². The summed E-state index contributed by atoms with van der Waals surface area (Å²) in [6.07, 6.45) is 0. The van der Waals surface area contributed by atoms with E-state index in [1.807, 2.05) is 30.3 Å². The van der Waals surface area contributed by atoms with Gasteiger partial charge in [0.05, 0.1) is 7.11 Å². The molecule has 0 saturated heterocycles. The van der Waals surface area contributed by atoms with E-state index in [1.54, 1.807) is 7.11 Å². The molecule has 0 spiro atoms. The Morgan fingerprint density at radius 2 is 1.17 bits per heavy atom. The average Bonchev–Trinajstić information content (AvgIpc) is 2.46. The van der Waals surface area contributed by atoms with E-state index >= 15 is 0 Å². The summed E-state index contributed by atoms with van der Waals surface area (Å²) < 4.78 is 11.9. The zero-order valence-electron chi connectivity index (χ0n) is 15.4. The Balaban J connectivity index is 2.61. The van der Waals surface area contributed by atoms with E-state index in [0.29, 0.717) is 0 Å². The normalized spacial score (nSPS) is 12.1. The molecule has 0 N–H and O–H groups in total. The lowest BCUT2D eigenvalue weighted by molar-refractivity contribution is 0.389. The van der Waals surface area contributed by atoms with Crippen molar-refractivity contribution >= 4 is 0 Å². The van der Waals surface area contributed by atoms with Crippen LogP contribution in [0, 0.1) is 0 Å². The number of hydrogen-bond donors (Lipinski definition) is 0. The summed E-state index contributed by atoms with van der Waals surface area (Å²) in [5, 5.41) is 0. The highest BCUT2D eigenvalue weighted by Crippen LogP contribution is 2.42. The molecule has 2 heteroatoms. The second-order valence-electron chi connectivity index (χ2n) is 7.96. The first kappa shape index (κ1) is 17.4. The van der Waals surface area contributed by atoms with Crippen LogP contribution in [-0.2, 0) is 10.8 Å². The maximum Gasteiger partial charge on any atom is 0.131 e. The van der Waals surface area contributed by atoms with Gasteiger partial charge < -0.3 is 9.47 Å². The van der Waals surface area contributed by atoms with Gasteiger partial charge in [0.1, 0.15) is 17.2 Å². The minimum Gasteiger partial charge on any atom is -0.496 e. The summed E-state index contributed by atoms with van der Waals surface area (Å²) in [5.74, 6) is 2.67. The molecule has 23 heavy (non-hydrogen) atoms. The summed E-state index contributed by atoms with van der Waals surface area (Å²) in [6.45, 7) is 13.1. The fraction of sp³-hybridized carbons (Fsp3) is 0.429. The number of para-hydroxylation sites is 1. The molecule has 0 atom stereocenters. The zero-order chi connectivity index (χ0) is 17.3. The molecule has 2 aromatic carbocycles. The summed E-state index contributed by atoms with van der Waals surface area (Å²) in [4.78, 5) is 0. The standard InChI is InChI=1S/C21H28O2/c1-20(2,3)16-14-19(23-15-11-9-8-10-12-15)17(21(4,5)6)13-18(16)22-7/h8-14H,1-7H3. The van der Waals surface area contributed by atoms with Gasteiger partial charge in [-0.1, -0.05) is 59.7 Å². The van der Waals surface area contributed by atoms with Gasteiger partial charge in [-0.25, -0.2) is 0 Å². The molecular formula is C21H28O2. The van der Waals surface area contributed by atoms with E-state index < -0.39 is 0 Å². The molecule has 2 nitrogen and oxygen atoms in total. The van der Waals surface area contributed by atoms with Crippen LogP contribution < -0.4 is 9.47 Å². The second-order valence-corrected chi connectivity index (χ2v) is 7.96. The van der Waals surface area contributed by atoms with Crippen LogP contribution in [0.2, 0.25) is 0 Å². The Kier molecular flexibility index (Phi) is 4.74. The third kappa shape index (κ3) is 4.07. The average molecular weight is 312 g/mol. The van der Waals surface area contributed by atoms with Gasteiger partial charge in [0, 0.05) is 11.1 Å². The fourth-order valence-corrected chi connectivity index (χ4v) is 2.60. The Hall–Kier alpha value is -1.96.